The van der Waals surface area contributed by atoms with Crippen molar-refractivity contribution in [1.82, 2.24) is 10.2 Å². The molecule has 2 unspecified atom stereocenters. The quantitative estimate of drug-likeness (QED) is 0.708. The summed E-state index contributed by atoms with van der Waals surface area (Å²) in [6, 6.07) is 1.33. The number of hydrogen-bond donors (Lipinski definition) is 2. The topological polar surface area (TPSA) is 52.6 Å². The maximum atomic E-state index is 10.7. The van der Waals surface area contributed by atoms with Crippen molar-refractivity contribution in [3.05, 3.63) is 0 Å². The number of nitrogens with one attached hydrogen (secondary N) is 1. The molecule has 2 atom stereocenters. The van der Waals surface area contributed by atoms with Crippen LogP contribution in [-0.4, -0.2) is 47.7 Å². The van der Waals surface area contributed by atoms with E-state index in [1.165, 1.54) is 32.2 Å². The van der Waals surface area contributed by atoms with Gasteiger partial charge in [0.1, 0.15) is 0 Å². The van der Waals surface area contributed by atoms with Crippen LogP contribution < -0.4 is 5.32 Å². The van der Waals surface area contributed by atoms with Gasteiger partial charge in [0.25, 0.3) is 0 Å². The van der Waals surface area contributed by atoms with Crippen molar-refractivity contribution in [3.63, 3.8) is 0 Å². The molecular weight excluding hydrogens is 240 g/mol. The first-order chi connectivity index (χ1) is 9.17. The largest absolute Gasteiger partial charge is 0.481 e. The molecule has 1 saturated carbocycles. The van der Waals surface area contributed by atoms with Crippen molar-refractivity contribution in [3.8, 4) is 0 Å². The molecule has 0 aromatic heterocycles. The van der Waals surface area contributed by atoms with Crippen LogP contribution >= 0.6 is 0 Å². The van der Waals surface area contributed by atoms with Gasteiger partial charge in [0.2, 0.25) is 0 Å². The summed E-state index contributed by atoms with van der Waals surface area (Å²) in [6.45, 7) is 5.64. The first-order valence-corrected chi connectivity index (χ1v) is 7.87. The Morgan fingerprint density at radius 2 is 2.11 bits per heavy atom. The zero-order valence-electron chi connectivity index (χ0n) is 12.1. The first-order valence-electron chi connectivity index (χ1n) is 7.87. The average Bonchev–Trinajstić information content (AvgIpc) is 3.17. The van der Waals surface area contributed by atoms with E-state index in [9.17, 15) is 4.79 Å². The summed E-state index contributed by atoms with van der Waals surface area (Å²) >= 11 is 0. The van der Waals surface area contributed by atoms with Gasteiger partial charge in [-0.25, -0.2) is 0 Å². The molecule has 2 fully saturated rings. The lowest BCUT2D eigenvalue weighted by Crippen LogP contribution is -2.50. The summed E-state index contributed by atoms with van der Waals surface area (Å²) in [5.74, 6) is -0.102. The number of rotatable bonds is 8. The second-order valence-electron chi connectivity index (χ2n) is 6.29. The third-order valence-electron chi connectivity index (χ3n) is 4.26. The maximum absolute atomic E-state index is 10.7. The smallest absolute Gasteiger partial charge is 0.303 e. The maximum Gasteiger partial charge on any atom is 0.303 e. The van der Waals surface area contributed by atoms with E-state index in [0.29, 0.717) is 18.4 Å². The summed E-state index contributed by atoms with van der Waals surface area (Å²) in [4.78, 5) is 13.3. The van der Waals surface area contributed by atoms with Crippen molar-refractivity contribution in [2.24, 2.45) is 5.92 Å². The van der Waals surface area contributed by atoms with Crippen molar-refractivity contribution in [2.75, 3.05) is 19.6 Å². The molecule has 1 aliphatic heterocycles. The van der Waals surface area contributed by atoms with E-state index in [1.54, 1.807) is 0 Å². The number of hydrogen-bond acceptors (Lipinski definition) is 3. The van der Waals surface area contributed by atoms with Crippen molar-refractivity contribution >= 4 is 5.97 Å². The third-order valence-corrected chi connectivity index (χ3v) is 4.26. The van der Waals surface area contributed by atoms with Crippen LogP contribution in [-0.2, 0) is 4.79 Å². The average molecular weight is 268 g/mol. The Labute approximate surface area is 116 Å². The molecule has 0 bridgehead atoms. The number of likely N-dealkylation sites (tertiary alicyclic amines) is 1. The van der Waals surface area contributed by atoms with Gasteiger partial charge in [-0.05, 0) is 44.6 Å². The van der Waals surface area contributed by atoms with Crippen molar-refractivity contribution < 1.29 is 9.90 Å². The summed E-state index contributed by atoms with van der Waals surface area (Å²) in [6.07, 6.45) is 7.45. The minimum atomic E-state index is -0.655. The Balaban J connectivity index is 1.80. The van der Waals surface area contributed by atoms with Gasteiger partial charge in [-0.3, -0.25) is 4.79 Å². The molecule has 2 aliphatic rings. The van der Waals surface area contributed by atoms with Crippen LogP contribution in [0.2, 0.25) is 0 Å². The number of aliphatic carboxylic acids is 1. The molecule has 2 N–H and O–H groups in total. The molecule has 0 aromatic rings. The van der Waals surface area contributed by atoms with Crippen LogP contribution in [0.3, 0.4) is 0 Å². The second kappa shape index (κ2) is 7.25. The van der Waals surface area contributed by atoms with Crippen LogP contribution in [0.1, 0.15) is 51.9 Å². The van der Waals surface area contributed by atoms with E-state index in [-0.39, 0.29) is 0 Å². The molecule has 2 rings (SSSR count). The van der Waals surface area contributed by atoms with Gasteiger partial charge >= 0.3 is 5.97 Å². The molecule has 0 radical (unpaired) electrons. The zero-order valence-corrected chi connectivity index (χ0v) is 12.1. The lowest BCUT2D eigenvalue weighted by molar-refractivity contribution is -0.137. The molecule has 0 spiro atoms. The van der Waals surface area contributed by atoms with Crippen LogP contribution in [0.5, 0.6) is 0 Å². The predicted molar refractivity (Wildman–Crippen MR) is 76.3 cm³/mol. The van der Waals surface area contributed by atoms with E-state index < -0.39 is 5.97 Å². The first kappa shape index (κ1) is 14.8. The third kappa shape index (κ3) is 5.49. The normalized spacial score (nSPS) is 28.5. The number of unbranched alkanes of at least 4 members (excludes halogenated alkanes) is 1. The van der Waals surface area contributed by atoms with Crippen LogP contribution in [0, 0.1) is 5.92 Å². The van der Waals surface area contributed by atoms with Gasteiger partial charge in [-0.15, -0.1) is 0 Å². The number of carboxylic acid groups (broad SMARTS) is 1. The van der Waals surface area contributed by atoms with Gasteiger partial charge in [0, 0.05) is 31.6 Å². The highest BCUT2D eigenvalue weighted by Crippen LogP contribution is 2.26. The lowest BCUT2D eigenvalue weighted by atomic mass is 9.90. The SMILES string of the molecule is CCCCN1CC(CCC(=O)O)CC(NC2CC2)C1. The molecular formula is C15H28N2O2. The summed E-state index contributed by atoms with van der Waals surface area (Å²) in [7, 11) is 0. The zero-order chi connectivity index (χ0) is 13.7. The highest BCUT2D eigenvalue weighted by molar-refractivity contribution is 5.66. The van der Waals surface area contributed by atoms with E-state index in [1.807, 2.05) is 0 Å². The fourth-order valence-corrected chi connectivity index (χ4v) is 3.11. The molecule has 0 aromatic carbocycles. The van der Waals surface area contributed by atoms with E-state index >= 15 is 0 Å². The minimum absolute atomic E-state index is 0.322. The second-order valence-corrected chi connectivity index (χ2v) is 6.29. The summed E-state index contributed by atoms with van der Waals surface area (Å²) in [5, 5.41) is 12.6. The molecule has 1 heterocycles. The molecule has 4 heteroatoms. The predicted octanol–water partition coefficient (Wildman–Crippen LogP) is 2.09. The van der Waals surface area contributed by atoms with Gasteiger partial charge in [-0.1, -0.05) is 13.3 Å². The van der Waals surface area contributed by atoms with Crippen LogP contribution in [0.25, 0.3) is 0 Å². The Hall–Kier alpha value is -0.610. The van der Waals surface area contributed by atoms with Gasteiger partial charge in [-0.2, -0.15) is 0 Å². The molecule has 4 nitrogen and oxygen atoms in total. The van der Waals surface area contributed by atoms with Crippen LogP contribution in [0.4, 0.5) is 0 Å². The highest BCUT2D eigenvalue weighted by atomic mass is 16.4. The van der Waals surface area contributed by atoms with Gasteiger partial charge < -0.3 is 15.3 Å². The fourth-order valence-electron chi connectivity index (χ4n) is 3.11. The summed E-state index contributed by atoms with van der Waals surface area (Å²) in [5.41, 5.74) is 0. The monoisotopic (exact) mass is 268 g/mol. The van der Waals surface area contributed by atoms with E-state index in [2.05, 4.69) is 17.1 Å². The van der Waals surface area contributed by atoms with Gasteiger partial charge in [0.15, 0.2) is 0 Å². The standard InChI is InChI=1S/C15H28N2O2/c1-2-3-8-17-10-12(4-7-15(18)19)9-14(11-17)16-13-5-6-13/h12-14,16H,2-11H2,1H3,(H,18,19). The molecule has 0 amide bonds. The van der Waals surface area contributed by atoms with Crippen molar-refractivity contribution in [1.29, 1.82) is 0 Å². The fraction of sp³-hybridized carbons (Fsp3) is 0.933. The Morgan fingerprint density at radius 3 is 2.74 bits per heavy atom. The number of piperidine rings is 1. The minimum Gasteiger partial charge on any atom is -0.481 e. The van der Waals surface area contributed by atoms with E-state index in [0.717, 1.165) is 32.0 Å². The molecule has 19 heavy (non-hydrogen) atoms. The Morgan fingerprint density at radius 1 is 1.32 bits per heavy atom. The number of nitrogens with zero attached hydrogens (tertiary/aromatic N) is 1. The lowest BCUT2D eigenvalue weighted by Gasteiger charge is -2.38. The van der Waals surface area contributed by atoms with E-state index in [4.69, 9.17) is 5.11 Å². The summed E-state index contributed by atoms with van der Waals surface area (Å²) < 4.78 is 0. The number of carbonyl (C=O) groups is 1. The van der Waals surface area contributed by atoms with Gasteiger partial charge in [0.05, 0.1) is 0 Å². The molecule has 1 aliphatic carbocycles. The number of carboxylic acids is 1. The highest BCUT2D eigenvalue weighted by Gasteiger charge is 2.31. The van der Waals surface area contributed by atoms with Crippen LogP contribution in [0.15, 0.2) is 0 Å². The Bertz CT molecular complexity index is 292. The van der Waals surface area contributed by atoms with Crippen molar-refractivity contribution in [2.45, 2.75) is 64.0 Å². The molecule has 1 saturated heterocycles. The molecule has 110 valence electrons. The Kier molecular flexibility index (Phi) is 5.64.